The number of anilines is 1. The van der Waals surface area contributed by atoms with Crippen molar-refractivity contribution >= 4 is 17.6 Å². The highest BCUT2D eigenvalue weighted by atomic mass is 19.1. The fourth-order valence-corrected chi connectivity index (χ4v) is 4.19. The lowest BCUT2D eigenvalue weighted by Crippen LogP contribution is -2.42. The number of nitrogens with one attached hydrogen (secondary N) is 2. The molecule has 2 heterocycles. The Labute approximate surface area is 186 Å². The van der Waals surface area contributed by atoms with E-state index in [1.807, 2.05) is 4.90 Å². The summed E-state index contributed by atoms with van der Waals surface area (Å²) in [6, 6.07) is 9.61. The molecule has 0 unspecified atom stereocenters. The first-order chi connectivity index (χ1) is 15.5. The Kier molecular flexibility index (Phi) is 6.90. The van der Waals surface area contributed by atoms with Gasteiger partial charge in [0.2, 0.25) is 0 Å². The highest BCUT2D eigenvalue weighted by Crippen LogP contribution is 2.29. The summed E-state index contributed by atoms with van der Waals surface area (Å²) in [7, 11) is 0. The Bertz CT molecular complexity index is 980. The van der Waals surface area contributed by atoms with Gasteiger partial charge in [0.15, 0.2) is 6.79 Å². The number of hydrogen-bond acceptors (Lipinski definition) is 4. The smallest absolute Gasteiger partial charge is 0.319 e. The van der Waals surface area contributed by atoms with Crippen LogP contribution in [0.15, 0.2) is 36.4 Å². The molecule has 1 atom stereocenters. The Morgan fingerprint density at radius 3 is 2.78 bits per heavy atom. The number of carbonyl (C=O) groups is 2. The molecule has 7 nitrogen and oxygen atoms in total. The largest absolute Gasteiger partial charge is 0.467 e. The molecule has 1 fully saturated rings. The van der Waals surface area contributed by atoms with Gasteiger partial charge in [-0.15, -0.1) is 0 Å². The molecule has 2 aliphatic heterocycles. The van der Waals surface area contributed by atoms with Crippen molar-refractivity contribution < 1.29 is 23.5 Å². The number of ether oxygens (including phenoxy) is 2. The average Bonchev–Trinajstić information content (AvgIpc) is 2.79. The molecule has 2 N–H and O–H groups in total. The minimum Gasteiger partial charge on any atom is -0.467 e. The molecule has 0 saturated carbocycles. The number of rotatable bonds is 5. The molecule has 0 spiro atoms. The van der Waals surface area contributed by atoms with E-state index in [-0.39, 0.29) is 30.6 Å². The molecule has 0 aliphatic carbocycles. The lowest BCUT2D eigenvalue weighted by Gasteiger charge is -2.33. The van der Waals surface area contributed by atoms with Crippen LogP contribution in [0.3, 0.4) is 0 Å². The molecule has 170 valence electrons. The zero-order chi connectivity index (χ0) is 22.5. The second-order valence-electron chi connectivity index (χ2n) is 8.22. The second-order valence-corrected chi connectivity index (χ2v) is 8.22. The van der Waals surface area contributed by atoms with Gasteiger partial charge in [-0.3, -0.25) is 4.79 Å². The Balaban J connectivity index is 1.28. The summed E-state index contributed by atoms with van der Waals surface area (Å²) in [4.78, 5) is 26.9. The third-order valence-electron chi connectivity index (χ3n) is 5.89. The van der Waals surface area contributed by atoms with E-state index in [2.05, 4.69) is 17.6 Å². The fourth-order valence-electron chi connectivity index (χ4n) is 4.19. The molecule has 0 aromatic heterocycles. The van der Waals surface area contributed by atoms with Crippen LogP contribution in [0, 0.1) is 5.82 Å². The summed E-state index contributed by atoms with van der Waals surface area (Å²) in [5, 5.41) is 5.52. The Hall–Kier alpha value is -3.13. The zero-order valence-corrected chi connectivity index (χ0v) is 18.2. The van der Waals surface area contributed by atoms with Crippen LogP contribution in [-0.4, -0.2) is 42.8 Å². The zero-order valence-electron chi connectivity index (χ0n) is 18.2. The molecule has 32 heavy (non-hydrogen) atoms. The first-order valence-corrected chi connectivity index (χ1v) is 11.0. The van der Waals surface area contributed by atoms with Gasteiger partial charge in [0.25, 0.3) is 5.91 Å². The summed E-state index contributed by atoms with van der Waals surface area (Å²) < 4.78 is 24.5. The summed E-state index contributed by atoms with van der Waals surface area (Å²) in [6.07, 6.45) is 3.65. The molecule has 8 heteroatoms. The predicted molar refractivity (Wildman–Crippen MR) is 118 cm³/mol. The monoisotopic (exact) mass is 441 g/mol. The first-order valence-electron chi connectivity index (χ1n) is 11.0. The third kappa shape index (κ3) is 5.19. The predicted octanol–water partition coefficient (Wildman–Crippen LogP) is 4.07. The van der Waals surface area contributed by atoms with E-state index in [1.54, 1.807) is 24.3 Å². The molecule has 4 rings (SSSR count). The number of likely N-dealkylation sites (tertiary alicyclic amines) is 1. The normalized spacial score (nSPS) is 17.8. The quantitative estimate of drug-likeness (QED) is 0.733. The molecule has 2 aromatic rings. The van der Waals surface area contributed by atoms with E-state index in [0.29, 0.717) is 47.7 Å². The lowest BCUT2D eigenvalue weighted by atomic mass is 10.0. The number of benzene rings is 2. The summed E-state index contributed by atoms with van der Waals surface area (Å²) in [5.41, 5.74) is 2.57. The first kappa shape index (κ1) is 22.1. The van der Waals surface area contributed by atoms with Gasteiger partial charge in [0.05, 0.1) is 6.61 Å². The molecular weight excluding hydrogens is 413 g/mol. The van der Waals surface area contributed by atoms with E-state index >= 15 is 0 Å². The van der Waals surface area contributed by atoms with Crippen molar-refractivity contribution in [1.29, 1.82) is 0 Å². The van der Waals surface area contributed by atoms with Crippen molar-refractivity contribution in [1.82, 2.24) is 10.2 Å². The number of nitrogens with zero attached hydrogens (tertiary/aromatic N) is 1. The van der Waals surface area contributed by atoms with Crippen LogP contribution in [0.1, 0.15) is 47.7 Å². The molecule has 3 amide bonds. The van der Waals surface area contributed by atoms with Crippen molar-refractivity contribution in [3.63, 3.8) is 0 Å². The van der Waals surface area contributed by atoms with Crippen molar-refractivity contribution in [3.8, 4) is 5.75 Å². The standard InChI is InChI=1S/C24H28FN3O4/c1-16-4-2-3-11-28(16)23(29)17-5-7-21(8-6-17)27-24(30)26-10-9-18-12-20(25)13-19-14-31-15-32-22(18)19/h5-8,12-13,16H,2-4,9-11,14-15H2,1H3,(H2,26,27,30)/t16-/m1/s1. The van der Waals surface area contributed by atoms with E-state index in [0.717, 1.165) is 25.8 Å². The van der Waals surface area contributed by atoms with Crippen molar-refractivity contribution in [2.24, 2.45) is 0 Å². The van der Waals surface area contributed by atoms with Crippen molar-refractivity contribution in [3.05, 3.63) is 58.9 Å². The maximum absolute atomic E-state index is 13.8. The van der Waals surface area contributed by atoms with Crippen LogP contribution < -0.4 is 15.4 Å². The Morgan fingerprint density at radius 2 is 2.00 bits per heavy atom. The van der Waals surface area contributed by atoms with Crippen LogP contribution in [0.25, 0.3) is 0 Å². The van der Waals surface area contributed by atoms with Gasteiger partial charge in [0, 0.05) is 35.9 Å². The Morgan fingerprint density at radius 1 is 1.19 bits per heavy atom. The third-order valence-corrected chi connectivity index (χ3v) is 5.89. The molecule has 1 saturated heterocycles. The van der Waals surface area contributed by atoms with Gasteiger partial charge in [-0.1, -0.05) is 0 Å². The van der Waals surface area contributed by atoms with Gasteiger partial charge in [-0.25, -0.2) is 9.18 Å². The number of urea groups is 1. The average molecular weight is 442 g/mol. The minimum absolute atomic E-state index is 0.0271. The molecular formula is C24H28FN3O4. The van der Waals surface area contributed by atoms with E-state index in [4.69, 9.17) is 9.47 Å². The second kappa shape index (κ2) is 9.99. The van der Waals surface area contributed by atoms with E-state index in [9.17, 15) is 14.0 Å². The number of hydrogen-bond donors (Lipinski definition) is 2. The molecule has 2 aliphatic rings. The minimum atomic E-state index is -0.372. The van der Waals surface area contributed by atoms with Crippen LogP contribution in [0.5, 0.6) is 5.75 Å². The number of piperidine rings is 1. The van der Waals surface area contributed by atoms with Gasteiger partial charge in [-0.05, 0) is 74.6 Å². The van der Waals surface area contributed by atoms with Crippen LogP contribution in [0.4, 0.5) is 14.9 Å². The SMILES string of the molecule is C[C@@H]1CCCCN1C(=O)c1ccc(NC(=O)NCCc2cc(F)cc3c2OCOC3)cc1. The highest BCUT2D eigenvalue weighted by molar-refractivity contribution is 5.95. The van der Waals surface area contributed by atoms with Gasteiger partial charge in [0.1, 0.15) is 11.6 Å². The molecule has 0 bridgehead atoms. The van der Waals surface area contributed by atoms with Crippen LogP contribution in [-0.2, 0) is 17.8 Å². The van der Waals surface area contributed by atoms with Gasteiger partial charge < -0.3 is 25.0 Å². The van der Waals surface area contributed by atoms with Crippen LogP contribution in [0.2, 0.25) is 0 Å². The summed E-state index contributed by atoms with van der Waals surface area (Å²) in [6.45, 7) is 3.62. The number of halogens is 1. The van der Waals surface area contributed by atoms with Crippen LogP contribution >= 0.6 is 0 Å². The number of carbonyl (C=O) groups excluding carboxylic acids is 2. The van der Waals surface area contributed by atoms with Crippen molar-refractivity contribution in [2.45, 2.75) is 45.3 Å². The molecule has 0 radical (unpaired) electrons. The fraction of sp³-hybridized carbons (Fsp3) is 0.417. The molecule has 2 aromatic carbocycles. The maximum Gasteiger partial charge on any atom is 0.319 e. The summed E-state index contributed by atoms with van der Waals surface area (Å²) >= 11 is 0. The van der Waals surface area contributed by atoms with E-state index in [1.165, 1.54) is 12.1 Å². The van der Waals surface area contributed by atoms with E-state index < -0.39 is 0 Å². The highest BCUT2D eigenvalue weighted by Gasteiger charge is 2.24. The topological polar surface area (TPSA) is 79.9 Å². The number of fused-ring (bicyclic) bond motifs is 1. The lowest BCUT2D eigenvalue weighted by molar-refractivity contribution is -0.0172. The summed E-state index contributed by atoms with van der Waals surface area (Å²) in [5.74, 6) is 0.299. The maximum atomic E-state index is 13.8. The number of amides is 3. The van der Waals surface area contributed by atoms with Gasteiger partial charge >= 0.3 is 6.03 Å². The van der Waals surface area contributed by atoms with Gasteiger partial charge in [-0.2, -0.15) is 0 Å². The van der Waals surface area contributed by atoms with Crippen molar-refractivity contribution in [2.75, 3.05) is 25.2 Å².